The summed E-state index contributed by atoms with van der Waals surface area (Å²) < 4.78 is 11.0. The first-order chi connectivity index (χ1) is 20.8. The third kappa shape index (κ3) is 10.9. The van der Waals surface area contributed by atoms with Crippen molar-refractivity contribution in [1.29, 1.82) is 0 Å². The zero-order chi connectivity index (χ0) is 32.8. The van der Waals surface area contributed by atoms with Gasteiger partial charge in [0, 0.05) is 28.2 Å². The van der Waals surface area contributed by atoms with Crippen LogP contribution in [0.15, 0.2) is 97.1 Å². The summed E-state index contributed by atoms with van der Waals surface area (Å²) in [6.45, 7) is 10.6. The summed E-state index contributed by atoms with van der Waals surface area (Å²) in [5, 5.41) is 18.9. The number of rotatable bonds is 7. The second-order valence-corrected chi connectivity index (χ2v) is 11.0. The Hall–Kier alpha value is -4.62. The van der Waals surface area contributed by atoms with E-state index in [9.17, 15) is 24.6 Å². The zero-order valence-electron chi connectivity index (χ0n) is 25.8. The summed E-state index contributed by atoms with van der Waals surface area (Å²) in [4.78, 5) is 33.8. The lowest BCUT2D eigenvalue weighted by Crippen LogP contribution is -2.16. The fourth-order valence-electron chi connectivity index (χ4n) is 3.41. The van der Waals surface area contributed by atoms with Crippen LogP contribution in [0.5, 0.6) is 23.0 Å². The lowest BCUT2D eigenvalue weighted by molar-refractivity contribution is -0.138. The molecular formula is C36H39ClO7. The maximum absolute atomic E-state index is 11.9. The number of para-hydroxylation sites is 4. The largest absolute Gasteiger partial charge is 0.507 e. The average Bonchev–Trinajstić information content (AvgIpc) is 2.99. The van der Waals surface area contributed by atoms with Gasteiger partial charge in [0.1, 0.15) is 23.0 Å². The van der Waals surface area contributed by atoms with Gasteiger partial charge in [-0.1, -0.05) is 114 Å². The average molecular weight is 619 g/mol. The van der Waals surface area contributed by atoms with Crippen LogP contribution in [0.2, 0.25) is 0 Å². The molecule has 2 N–H and O–H groups in total. The highest BCUT2D eigenvalue weighted by Crippen LogP contribution is 2.37. The molecule has 0 aromatic heterocycles. The first-order valence-electron chi connectivity index (χ1n) is 14.2. The third-order valence-electron chi connectivity index (χ3n) is 5.98. The van der Waals surface area contributed by atoms with Crippen molar-refractivity contribution in [2.24, 2.45) is 17.8 Å². The minimum Gasteiger partial charge on any atom is -0.507 e. The quantitative estimate of drug-likeness (QED) is 0.121. The summed E-state index contributed by atoms with van der Waals surface area (Å²) in [7, 11) is 0. The smallest absolute Gasteiger partial charge is 0.313 e. The molecular weight excluding hydrogens is 580 g/mol. The predicted octanol–water partition coefficient (Wildman–Crippen LogP) is 8.65. The molecule has 4 aromatic rings. The van der Waals surface area contributed by atoms with Gasteiger partial charge in [-0.3, -0.25) is 14.4 Å². The van der Waals surface area contributed by atoms with Crippen LogP contribution in [0.1, 0.15) is 41.5 Å². The molecule has 0 heterocycles. The number of hydrogen-bond acceptors (Lipinski definition) is 7. The summed E-state index contributed by atoms with van der Waals surface area (Å²) in [6.07, 6.45) is 0. The maximum Gasteiger partial charge on any atom is 0.313 e. The highest BCUT2D eigenvalue weighted by Gasteiger charge is 2.18. The fourth-order valence-corrected chi connectivity index (χ4v) is 3.41. The molecule has 4 aromatic carbocycles. The fraction of sp³-hybridized carbons (Fsp3) is 0.250. The number of esters is 2. The molecule has 0 aliphatic heterocycles. The van der Waals surface area contributed by atoms with Crippen molar-refractivity contribution >= 4 is 28.8 Å². The first kappa shape index (κ1) is 35.6. The number of phenols is 2. The van der Waals surface area contributed by atoms with E-state index in [0.717, 1.165) is 0 Å². The van der Waals surface area contributed by atoms with E-state index in [-0.39, 0.29) is 46.4 Å². The molecule has 7 nitrogen and oxygen atoms in total. The Morgan fingerprint density at radius 2 is 0.773 bits per heavy atom. The van der Waals surface area contributed by atoms with Crippen molar-refractivity contribution < 1.29 is 34.1 Å². The van der Waals surface area contributed by atoms with Gasteiger partial charge in [-0.2, -0.15) is 0 Å². The topological polar surface area (TPSA) is 110 Å². The van der Waals surface area contributed by atoms with Crippen LogP contribution in [0.25, 0.3) is 22.3 Å². The minimum atomic E-state index is -0.306. The zero-order valence-corrected chi connectivity index (χ0v) is 26.5. The SMILES string of the molecule is CC(C)C(=O)Cl.CC(C)C(=O)Oc1ccccc1-c1ccccc1OC(=O)C(C)C.Oc1ccccc1-c1ccccc1O. The first-order valence-corrected chi connectivity index (χ1v) is 14.6. The number of carbonyl (C=O) groups excluding carboxylic acids is 3. The highest BCUT2D eigenvalue weighted by atomic mass is 35.5. The Kier molecular flexibility index (Phi) is 14.1. The van der Waals surface area contributed by atoms with E-state index in [1.54, 1.807) is 102 Å². The number of aromatic hydroxyl groups is 2. The summed E-state index contributed by atoms with van der Waals surface area (Å²) in [5.41, 5.74) is 2.70. The van der Waals surface area contributed by atoms with E-state index in [1.165, 1.54) is 0 Å². The monoisotopic (exact) mass is 618 g/mol. The van der Waals surface area contributed by atoms with E-state index in [4.69, 9.17) is 21.1 Å². The second kappa shape index (κ2) is 17.5. The van der Waals surface area contributed by atoms with E-state index in [1.807, 2.05) is 36.4 Å². The molecule has 4 rings (SSSR count). The van der Waals surface area contributed by atoms with Gasteiger partial charge in [-0.15, -0.1) is 0 Å². The summed E-state index contributed by atoms with van der Waals surface area (Å²) in [5.74, 6) is 0.153. The molecule has 8 heteroatoms. The van der Waals surface area contributed by atoms with Gasteiger partial charge in [0.25, 0.3) is 0 Å². The lowest BCUT2D eigenvalue weighted by atomic mass is 10.0. The van der Waals surface area contributed by atoms with E-state index in [0.29, 0.717) is 33.8 Å². The number of carbonyl (C=O) groups is 3. The van der Waals surface area contributed by atoms with Crippen LogP contribution < -0.4 is 9.47 Å². The van der Waals surface area contributed by atoms with Crippen LogP contribution in [0, 0.1) is 17.8 Å². The van der Waals surface area contributed by atoms with Crippen molar-refractivity contribution in [2.45, 2.75) is 41.5 Å². The Labute approximate surface area is 264 Å². The third-order valence-corrected chi connectivity index (χ3v) is 6.42. The second-order valence-electron chi connectivity index (χ2n) is 10.6. The van der Waals surface area contributed by atoms with Crippen LogP contribution >= 0.6 is 11.6 Å². The van der Waals surface area contributed by atoms with Crippen molar-refractivity contribution in [3.8, 4) is 45.3 Å². The molecule has 0 amide bonds. The number of halogens is 1. The molecule has 44 heavy (non-hydrogen) atoms. The Bertz CT molecular complexity index is 1440. The minimum absolute atomic E-state index is 0.0216. The summed E-state index contributed by atoms with van der Waals surface area (Å²) >= 11 is 4.97. The van der Waals surface area contributed by atoms with Crippen LogP contribution in [0.3, 0.4) is 0 Å². The predicted molar refractivity (Wildman–Crippen MR) is 174 cm³/mol. The van der Waals surface area contributed by atoms with Crippen molar-refractivity contribution in [3.05, 3.63) is 97.1 Å². The number of hydrogen-bond donors (Lipinski definition) is 2. The van der Waals surface area contributed by atoms with Crippen molar-refractivity contribution in [1.82, 2.24) is 0 Å². The van der Waals surface area contributed by atoms with Gasteiger partial charge >= 0.3 is 11.9 Å². The molecule has 0 radical (unpaired) electrons. The number of benzene rings is 4. The van der Waals surface area contributed by atoms with Gasteiger partial charge in [-0.25, -0.2) is 0 Å². The molecule has 0 bridgehead atoms. The molecule has 0 fully saturated rings. The van der Waals surface area contributed by atoms with E-state index < -0.39 is 0 Å². The molecule has 0 unspecified atom stereocenters. The number of ether oxygens (including phenoxy) is 2. The molecule has 0 aliphatic rings. The van der Waals surface area contributed by atoms with Gasteiger partial charge in [0.05, 0.1) is 11.8 Å². The van der Waals surface area contributed by atoms with Crippen LogP contribution in [0.4, 0.5) is 0 Å². The Balaban J connectivity index is 0.000000282. The van der Waals surface area contributed by atoms with Gasteiger partial charge in [0.2, 0.25) is 5.24 Å². The van der Waals surface area contributed by atoms with E-state index in [2.05, 4.69) is 0 Å². The molecule has 0 atom stereocenters. The molecule has 0 saturated carbocycles. The molecule has 232 valence electrons. The Morgan fingerprint density at radius 1 is 0.500 bits per heavy atom. The molecule has 0 saturated heterocycles. The maximum atomic E-state index is 11.9. The van der Waals surface area contributed by atoms with E-state index >= 15 is 0 Å². The highest BCUT2D eigenvalue weighted by molar-refractivity contribution is 6.63. The summed E-state index contributed by atoms with van der Waals surface area (Å²) in [6, 6.07) is 28.3. The molecule has 0 spiro atoms. The van der Waals surface area contributed by atoms with Crippen LogP contribution in [-0.4, -0.2) is 27.4 Å². The Morgan fingerprint density at radius 3 is 1.05 bits per heavy atom. The number of phenolic OH excluding ortho intramolecular Hbond substituents is 2. The molecule has 0 aliphatic carbocycles. The van der Waals surface area contributed by atoms with Crippen molar-refractivity contribution in [2.75, 3.05) is 0 Å². The normalized spacial score (nSPS) is 10.3. The van der Waals surface area contributed by atoms with Gasteiger partial charge < -0.3 is 19.7 Å². The van der Waals surface area contributed by atoms with Crippen LogP contribution in [-0.2, 0) is 14.4 Å². The standard InChI is InChI=1S/C20H22O4.C12H10O2.C4H7ClO/c1-13(2)19(21)23-17-11-7-5-9-15(17)16-10-6-8-12-18(16)24-20(22)14(3)4;13-11-7-3-1-5-9(11)10-6-2-4-8-12(10)14;1-3(2)4(5)6/h5-14H,1-4H3;1-8,13-14H;3H,1-2H3. The lowest BCUT2D eigenvalue weighted by Gasteiger charge is -2.15. The van der Waals surface area contributed by atoms with Gasteiger partial charge in [-0.05, 0) is 35.9 Å². The van der Waals surface area contributed by atoms with Crippen molar-refractivity contribution in [3.63, 3.8) is 0 Å². The van der Waals surface area contributed by atoms with Gasteiger partial charge in [0.15, 0.2) is 0 Å².